The summed E-state index contributed by atoms with van der Waals surface area (Å²) in [7, 11) is 0. The van der Waals surface area contributed by atoms with Gasteiger partial charge in [-0.15, -0.1) is 0 Å². The number of ether oxygens (including phenoxy) is 1. The Morgan fingerprint density at radius 3 is 3.13 bits per heavy atom. The van der Waals surface area contributed by atoms with Gasteiger partial charge in [0, 0.05) is 6.54 Å². The zero-order valence-corrected chi connectivity index (χ0v) is 9.33. The molecule has 1 aliphatic rings. The third-order valence-corrected chi connectivity index (χ3v) is 2.84. The lowest BCUT2D eigenvalue weighted by Crippen LogP contribution is -2.17. The van der Waals surface area contributed by atoms with Gasteiger partial charge in [-0.2, -0.15) is 0 Å². The van der Waals surface area contributed by atoms with E-state index in [4.69, 9.17) is 4.74 Å². The molecule has 1 N–H and O–H groups in total. The number of hydrogen-bond donors (Lipinski definition) is 1. The number of rotatable bonds is 4. The van der Waals surface area contributed by atoms with Gasteiger partial charge in [0.2, 0.25) is 0 Å². The molecular formula is C13H19NO. The maximum Gasteiger partial charge on any atom is 0.0711 e. The molecule has 1 aromatic rings. The second kappa shape index (κ2) is 5.29. The van der Waals surface area contributed by atoms with Gasteiger partial charge in [-0.1, -0.05) is 29.8 Å². The van der Waals surface area contributed by atoms with E-state index in [1.807, 2.05) is 0 Å². The van der Waals surface area contributed by atoms with Crippen LogP contribution in [0, 0.1) is 6.92 Å². The zero-order chi connectivity index (χ0) is 10.5. The van der Waals surface area contributed by atoms with Crippen LogP contribution < -0.4 is 5.32 Å². The number of nitrogens with one attached hydrogen (secondary N) is 1. The Balaban J connectivity index is 1.73. The number of hydrogen-bond acceptors (Lipinski definition) is 2. The smallest absolute Gasteiger partial charge is 0.0711 e. The number of aryl methyl sites for hydroxylation is 1. The molecule has 0 aromatic heterocycles. The molecule has 1 unspecified atom stereocenters. The molecule has 2 rings (SSSR count). The first-order valence-corrected chi connectivity index (χ1v) is 5.72. The van der Waals surface area contributed by atoms with Crippen LogP contribution in [0.1, 0.15) is 17.5 Å². The summed E-state index contributed by atoms with van der Waals surface area (Å²) < 4.78 is 5.78. The van der Waals surface area contributed by atoms with Crippen molar-refractivity contribution >= 4 is 0 Å². The van der Waals surface area contributed by atoms with E-state index in [1.54, 1.807) is 0 Å². The highest BCUT2D eigenvalue weighted by Crippen LogP contribution is 2.07. The normalized spacial score (nSPS) is 20.7. The van der Waals surface area contributed by atoms with Crippen molar-refractivity contribution in [3.8, 4) is 0 Å². The van der Waals surface area contributed by atoms with Gasteiger partial charge in [0.05, 0.1) is 12.7 Å². The first-order chi connectivity index (χ1) is 7.34. The molecule has 1 heterocycles. The van der Waals surface area contributed by atoms with Crippen LogP contribution in [0.5, 0.6) is 0 Å². The summed E-state index contributed by atoms with van der Waals surface area (Å²) in [5.41, 5.74) is 2.70. The molecule has 0 amide bonds. The molecule has 1 aliphatic heterocycles. The summed E-state index contributed by atoms with van der Waals surface area (Å²) >= 11 is 0. The van der Waals surface area contributed by atoms with Gasteiger partial charge in [-0.05, 0) is 31.9 Å². The molecule has 1 saturated heterocycles. The maximum atomic E-state index is 5.78. The molecule has 0 saturated carbocycles. The molecule has 1 fully saturated rings. The lowest BCUT2D eigenvalue weighted by atomic mass is 10.1. The van der Waals surface area contributed by atoms with Crippen molar-refractivity contribution in [3.63, 3.8) is 0 Å². The van der Waals surface area contributed by atoms with Crippen LogP contribution >= 0.6 is 0 Å². The average molecular weight is 205 g/mol. The highest BCUT2D eigenvalue weighted by molar-refractivity contribution is 5.22. The first-order valence-electron chi connectivity index (χ1n) is 5.72. The molecule has 0 radical (unpaired) electrons. The van der Waals surface area contributed by atoms with E-state index in [0.717, 1.165) is 32.5 Å². The van der Waals surface area contributed by atoms with E-state index in [2.05, 4.69) is 36.5 Å². The Morgan fingerprint density at radius 2 is 2.40 bits per heavy atom. The highest BCUT2D eigenvalue weighted by atomic mass is 16.5. The van der Waals surface area contributed by atoms with Crippen molar-refractivity contribution in [1.29, 1.82) is 0 Å². The van der Waals surface area contributed by atoms with Gasteiger partial charge in [0.15, 0.2) is 0 Å². The molecule has 2 nitrogen and oxygen atoms in total. The first kappa shape index (κ1) is 10.7. The summed E-state index contributed by atoms with van der Waals surface area (Å²) in [5, 5.41) is 3.31. The van der Waals surface area contributed by atoms with Gasteiger partial charge in [0.25, 0.3) is 0 Å². The van der Waals surface area contributed by atoms with Crippen LogP contribution in [0.2, 0.25) is 0 Å². The summed E-state index contributed by atoms with van der Waals surface area (Å²) in [6.45, 7) is 5.10. The van der Waals surface area contributed by atoms with Crippen LogP contribution in [0.25, 0.3) is 0 Å². The molecule has 1 atom stereocenters. The predicted molar refractivity (Wildman–Crippen MR) is 62.1 cm³/mol. The molecule has 2 heteroatoms. The Kier molecular flexibility index (Phi) is 3.75. The minimum atomic E-state index is 0.440. The lowest BCUT2D eigenvalue weighted by Gasteiger charge is -2.10. The van der Waals surface area contributed by atoms with Crippen molar-refractivity contribution in [2.75, 3.05) is 19.7 Å². The van der Waals surface area contributed by atoms with E-state index >= 15 is 0 Å². The Hall–Kier alpha value is -0.860. The van der Waals surface area contributed by atoms with Gasteiger partial charge >= 0.3 is 0 Å². The standard InChI is InChI=1S/C13H19NO/c1-11-3-2-4-12(9-11)6-8-15-13-5-7-14-10-13/h2-4,9,13-14H,5-8,10H2,1H3. The van der Waals surface area contributed by atoms with Crippen molar-refractivity contribution in [2.45, 2.75) is 25.9 Å². The van der Waals surface area contributed by atoms with Gasteiger partial charge < -0.3 is 10.1 Å². The Labute approximate surface area is 91.6 Å². The molecule has 82 valence electrons. The third kappa shape index (κ3) is 3.33. The average Bonchev–Trinajstić information content (AvgIpc) is 2.71. The van der Waals surface area contributed by atoms with Gasteiger partial charge in [-0.3, -0.25) is 0 Å². The van der Waals surface area contributed by atoms with E-state index in [9.17, 15) is 0 Å². The largest absolute Gasteiger partial charge is 0.377 e. The minimum Gasteiger partial charge on any atom is -0.377 e. The van der Waals surface area contributed by atoms with Gasteiger partial charge in [-0.25, -0.2) is 0 Å². The van der Waals surface area contributed by atoms with Crippen LogP contribution in [-0.2, 0) is 11.2 Å². The zero-order valence-electron chi connectivity index (χ0n) is 9.33. The predicted octanol–water partition coefficient (Wildman–Crippen LogP) is 1.92. The Bertz CT molecular complexity index is 305. The molecule has 1 aromatic carbocycles. The topological polar surface area (TPSA) is 21.3 Å². The van der Waals surface area contributed by atoms with E-state index in [0.29, 0.717) is 6.10 Å². The van der Waals surface area contributed by atoms with Crippen molar-refractivity contribution in [3.05, 3.63) is 35.4 Å². The van der Waals surface area contributed by atoms with Gasteiger partial charge in [0.1, 0.15) is 0 Å². The monoisotopic (exact) mass is 205 g/mol. The quantitative estimate of drug-likeness (QED) is 0.811. The van der Waals surface area contributed by atoms with Crippen LogP contribution in [0.4, 0.5) is 0 Å². The maximum absolute atomic E-state index is 5.78. The fraction of sp³-hybridized carbons (Fsp3) is 0.538. The molecule has 0 spiro atoms. The Morgan fingerprint density at radius 1 is 1.47 bits per heavy atom. The lowest BCUT2D eigenvalue weighted by molar-refractivity contribution is 0.0694. The molecule has 0 bridgehead atoms. The second-order valence-electron chi connectivity index (χ2n) is 4.22. The SMILES string of the molecule is Cc1cccc(CCOC2CCNC2)c1. The highest BCUT2D eigenvalue weighted by Gasteiger charge is 2.13. The van der Waals surface area contributed by atoms with Crippen molar-refractivity contribution in [2.24, 2.45) is 0 Å². The molecule has 0 aliphatic carbocycles. The third-order valence-electron chi connectivity index (χ3n) is 2.84. The summed E-state index contributed by atoms with van der Waals surface area (Å²) in [5.74, 6) is 0. The van der Waals surface area contributed by atoms with Crippen molar-refractivity contribution < 1.29 is 4.74 Å². The second-order valence-corrected chi connectivity index (χ2v) is 4.22. The fourth-order valence-corrected chi connectivity index (χ4v) is 1.98. The van der Waals surface area contributed by atoms with Crippen LogP contribution in [0.15, 0.2) is 24.3 Å². The van der Waals surface area contributed by atoms with E-state index < -0.39 is 0 Å². The van der Waals surface area contributed by atoms with E-state index in [1.165, 1.54) is 11.1 Å². The number of benzene rings is 1. The summed E-state index contributed by atoms with van der Waals surface area (Å²) in [6.07, 6.45) is 2.63. The van der Waals surface area contributed by atoms with Crippen LogP contribution in [-0.4, -0.2) is 25.8 Å². The molecular weight excluding hydrogens is 186 g/mol. The van der Waals surface area contributed by atoms with Crippen LogP contribution in [0.3, 0.4) is 0 Å². The minimum absolute atomic E-state index is 0.440. The van der Waals surface area contributed by atoms with E-state index in [-0.39, 0.29) is 0 Å². The van der Waals surface area contributed by atoms with Crippen molar-refractivity contribution in [1.82, 2.24) is 5.32 Å². The molecule has 15 heavy (non-hydrogen) atoms. The summed E-state index contributed by atoms with van der Waals surface area (Å²) in [6, 6.07) is 8.65. The fourth-order valence-electron chi connectivity index (χ4n) is 1.98. The summed E-state index contributed by atoms with van der Waals surface area (Å²) in [4.78, 5) is 0.